The van der Waals surface area contributed by atoms with Crippen LogP contribution in [0.15, 0.2) is 41.3 Å². The predicted molar refractivity (Wildman–Crippen MR) is 131 cm³/mol. The van der Waals surface area contributed by atoms with E-state index in [2.05, 4.69) is 15.4 Å². The van der Waals surface area contributed by atoms with Crippen molar-refractivity contribution in [1.29, 1.82) is 0 Å². The van der Waals surface area contributed by atoms with Crippen molar-refractivity contribution in [2.24, 2.45) is 0 Å². The molecule has 0 saturated carbocycles. The van der Waals surface area contributed by atoms with Crippen LogP contribution in [0.1, 0.15) is 28.7 Å². The number of hydrogen-bond acceptors (Lipinski definition) is 5. The Balaban J connectivity index is 2.08. The van der Waals surface area contributed by atoms with E-state index >= 15 is 0 Å². The average Bonchev–Trinajstić information content (AvgIpc) is 2.74. The highest BCUT2D eigenvalue weighted by atomic mass is 32.2. The molecule has 1 unspecified atom stereocenters. The van der Waals surface area contributed by atoms with Gasteiger partial charge in [0.1, 0.15) is 6.04 Å². The van der Waals surface area contributed by atoms with Crippen LogP contribution in [0.2, 0.25) is 0 Å². The fraction of sp³-hybridized carbons (Fsp3) is 0.391. The average molecular weight is 478 g/mol. The molecule has 0 aliphatic heterocycles. The smallest absolute Gasteiger partial charge is 0.243 e. The molecule has 174 valence electrons. The van der Waals surface area contributed by atoms with E-state index in [4.69, 9.17) is 0 Å². The second-order valence-electron chi connectivity index (χ2n) is 7.74. The number of rotatable bonds is 10. The molecule has 7 nitrogen and oxygen atoms in total. The highest BCUT2D eigenvalue weighted by molar-refractivity contribution is 7.98. The molecule has 0 saturated heterocycles. The van der Waals surface area contributed by atoms with Crippen LogP contribution in [0.5, 0.6) is 0 Å². The number of carbonyl (C=O) groups is 2. The molecular weight excluding hydrogens is 446 g/mol. The molecule has 3 N–H and O–H groups in total. The molecule has 0 aliphatic rings. The third-order valence-corrected chi connectivity index (χ3v) is 7.42. The number of benzene rings is 2. The van der Waals surface area contributed by atoms with Gasteiger partial charge in [-0.25, -0.2) is 8.42 Å². The van der Waals surface area contributed by atoms with Gasteiger partial charge in [-0.1, -0.05) is 24.3 Å². The summed E-state index contributed by atoms with van der Waals surface area (Å²) in [7, 11) is -3.91. The lowest BCUT2D eigenvalue weighted by Crippen LogP contribution is -2.48. The van der Waals surface area contributed by atoms with Gasteiger partial charge in [-0.3, -0.25) is 9.59 Å². The monoisotopic (exact) mass is 477 g/mol. The highest BCUT2D eigenvalue weighted by Gasteiger charge is 2.27. The molecule has 0 fully saturated rings. The summed E-state index contributed by atoms with van der Waals surface area (Å²) in [5.74, 6) is -0.334. The molecular formula is C23H31N3O4S2. The zero-order valence-electron chi connectivity index (χ0n) is 19.1. The lowest BCUT2D eigenvalue weighted by molar-refractivity contribution is -0.125. The second kappa shape index (κ2) is 11.5. The van der Waals surface area contributed by atoms with Crippen LogP contribution in [0.3, 0.4) is 0 Å². The summed E-state index contributed by atoms with van der Waals surface area (Å²) in [5.41, 5.74) is 4.08. The second-order valence-corrected chi connectivity index (χ2v) is 10.4. The molecule has 2 rings (SSSR count). The summed E-state index contributed by atoms with van der Waals surface area (Å²) in [5, 5.41) is 5.34. The Labute approximate surface area is 194 Å². The van der Waals surface area contributed by atoms with E-state index in [1.165, 1.54) is 11.8 Å². The number of anilines is 1. The van der Waals surface area contributed by atoms with E-state index in [1.807, 2.05) is 45.2 Å². The molecule has 1 atom stereocenters. The van der Waals surface area contributed by atoms with E-state index in [0.717, 1.165) is 16.7 Å². The maximum absolute atomic E-state index is 13.0. The van der Waals surface area contributed by atoms with E-state index in [1.54, 1.807) is 25.1 Å². The third-order valence-electron chi connectivity index (χ3n) is 5.16. The fourth-order valence-corrected chi connectivity index (χ4v) is 5.13. The Morgan fingerprint density at radius 2 is 1.75 bits per heavy atom. The van der Waals surface area contributed by atoms with Crippen LogP contribution >= 0.6 is 11.8 Å². The lowest BCUT2D eigenvalue weighted by atomic mass is 10.1. The Hall–Kier alpha value is -2.36. The van der Waals surface area contributed by atoms with Gasteiger partial charge in [0.15, 0.2) is 0 Å². The van der Waals surface area contributed by atoms with Crippen LogP contribution in [0.25, 0.3) is 0 Å². The Kier molecular flexibility index (Phi) is 9.30. The maximum atomic E-state index is 13.0. The Morgan fingerprint density at radius 3 is 2.44 bits per heavy atom. The SMILES string of the molecule is CSCCC(NS(=O)(=O)c1cc(C)ccc1C)C(=O)NCC(=O)Nc1cccc(C)c1C. The van der Waals surface area contributed by atoms with Crippen molar-refractivity contribution in [3.8, 4) is 0 Å². The van der Waals surface area contributed by atoms with Crippen molar-refractivity contribution < 1.29 is 18.0 Å². The van der Waals surface area contributed by atoms with E-state index in [9.17, 15) is 18.0 Å². The number of amides is 2. The largest absolute Gasteiger partial charge is 0.346 e. The summed E-state index contributed by atoms with van der Waals surface area (Å²) in [6.45, 7) is 7.12. The van der Waals surface area contributed by atoms with Gasteiger partial charge in [0.2, 0.25) is 21.8 Å². The standard InChI is InChI=1S/C23H31N3O4S2/c1-15-9-10-17(3)21(13-15)32(29,30)26-20(11-12-31-5)23(28)24-14-22(27)25-19-8-6-7-16(2)18(19)4/h6-10,13,20,26H,11-12,14H2,1-5H3,(H,24,28)(H,25,27). The Morgan fingerprint density at radius 1 is 1.03 bits per heavy atom. The van der Waals surface area contributed by atoms with E-state index < -0.39 is 22.0 Å². The third kappa shape index (κ3) is 7.08. The minimum absolute atomic E-state index is 0.145. The van der Waals surface area contributed by atoms with Crippen molar-refractivity contribution >= 4 is 39.3 Å². The van der Waals surface area contributed by atoms with Gasteiger partial charge in [0.05, 0.1) is 11.4 Å². The van der Waals surface area contributed by atoms with Crippen LogP contribution in [0.4, 0.5) is 5.69 Å². The number of hydrogen-bond donors (Lipinski definition) is 3. The first-order chi connectivity index (χ1) is 15.0. The summed E-state index contributed by atoms with van der Waals surface area (Å²) in [6.07, 6.45) is 2.18. The quantitative estimate of drug-likeness (QED) is 0.488. The zero-order valence-corrected chi connectivity index (χ0v) is 20.7. The topological polar surface area (TPSA) is 104 Å². The van der Waals surface area contributed by atoms with Gasteiger partial charge in [-0.2, -0.15) is 16.5 Å². The highest BCUT2D eigenvalue weighted by Crippen LogP contribution is 2.19. The molecule has 0 heterocycles. The lowest BCUT2D eigenvalue weighted by Gasteiger charge is -2.19. The molecule has 2 aromatic rings. The molecule has 0 radical (unpaired) electrons. The predicted octanol–water partition coefficient (Wildman–Crippen LogP) is 3.08. The number of thioether (sulfide) groups is 1. The molecule has 9 heteroatoms. The molecule has 2 aromatic carbocycles. The van der Waals surface area contributed by atoms with Crippen LogP contribution in [-0.2, 0) is 19.6 Å². The summed E-state index contributed by atoms with van der Waals surface area (Å²) in [4.78, 5) is 25.2. The van der Waals surface area contributed by atoms with Crippen molar-refractivity contribution in [2.75, 3.05) is 23.9 Å². The summed E-state index contributed by atoms with van der Waals surface area (Å²) in [6, 6.07) is 9.75. The van der Waals surface area contributed by atoms with E-state index in [0.29, 0.717) is 23.4 Å². The van der Waals surface area contributed by atoms with E-state index in [-0.39, 0.29) is 17.3 Å². The first-order valence-electron chi connectivity index (χ1n) is 10.3. The normalized spacial score (nSPS) is 12.3. The number of nitrogens with one attached hydrogen (secondary N) is 3. The fourth-order valence-electron chi connectivity index (χ4n) is 3.10. The molecule has 0 aromatic heterocycles. The van der Waals surface area contributed by atoms with Crippen molar-refractivity contribution in [3.63, 3.8) is 0 Å². The molecule has 0 spiro atoms. The summed E-state index contributed by atoms with van der Waals surface area (Å²) >= 11 is 1.51. The van der Waals surface area contributed by atoms with Gasteiger partial charge < -0.3 is 10.6 Å². The summed E-state index contributed by atoms with van der Waals surface area (Å²) < 4.78 is 28.4. The van der Waals surface area contributed by atoms with Crippen LogP contribution in [0, 0.1) is 27.7 Å². The van der Waals surface area contributed by atoms with Gasteiger partial charge in [-0.05, 0) is 80.5 Å². The zero-order chi connectivity index (χ0) is 23.9. The van der Waals surface area contributed by atoms with Crippen LogP contribution < -0.4 is 15.4 Å². The van der Waals surface area contributed by atoms with Crippen LogP contribution in [-0.4, -0.2) is 44.8 Å². The number of aryl methyl sites for hydroxylation is 3. The van der Waals surface area contributed by atoms with Gasteiger partial charge in [0.25, 0.3) is 0 Å². The van der Waals surface area contributed by atoms with Gasteiger partial charge in [-0.15, -0.1) is 0 Å². The minimum atomic E-state index is -3.91. The molecule has 0 aliphatic carbocycles. The van der Waals surface area contributed by atoms with Gasteiger partial charge >= 0.3 is 0 Å². The van der Waals surface area contributed by atoms with Gasteiger partial charge in [0, 0.05) is 5.69 Å². The van der Waals surface area contributed by atoms with Crippen molar-refractivity contribution in [3.05, 3.63) is 58.7 Å². The number of sulfonamides is 1. The number of carbonyl (C=O) groups excluding carboxylic acids is 2. The molecule has 0 bridgehead atoms. The Bertz CT molecular complexity index is 1080. The molecule has 2 amide bonds. The first-order valence-corrected chi connectivity index (χ1v) is 13.1. The first kappa shape index (κ1) is 25.9. The molecule has 32 heavy (non-hydrogen) atoms. The minimum Gasteiger partial charge on any atom is -0.346 e. The maximum Gasteiger partial charge on any atom is 0.243 e. The van der Waals surface area contributed by atoms with Crippen molar-refractivity contribution in [1.82, 2.24) is 10.0 Å². The van der Waals surface area contributed by atoms with Crippen molar-refractivity contribution in [2.45, 2.75) is 45.1 Å².